The van der Waals surface area contributed by atoms with Gasteiger partial charge >= 0.3 is 5.97 Å². The van der Waals surface area contributed by atoms with Crippen LogP contribution in [0.25, 0.3) is 0 Å². The van der Waals surface area contributed by atoms with Gasteiger partial charge < -0.3 is 15.0 Å². The van der Waals surface area contributed by atoms with Gasteiger partial charge in [0.2, 0.25) is 5.91 Å². The third-order valence-corrected chi connectivity index (χ3v) is 3.86. The van der Waals surface area contributed by atoms with E-state index in [2.05, 4.69) is 5.32 Å². The summed E-state index contributed by atoms with van der Waals surface area (Å²) >= 11 is 0. The number of rotatable bonds is 7. The summed E-state index contributed by atoms with van der Waals surface area (Å²) in [7, 11) is 0. The van der Waals surface area contributed by atoms with E-state index in [1.54, 1.807) is 4.90 Å². The van der Waals surface area contributed by atoms with Crippen molar-refractivity contribution in [2.45, 2.75) is 32.7 Å². The minimum atomic E-state index is -0.486. The highest BCUT2D eigenvalue weighted by Gasteiger charge is 2.35. The summed E-state index contributed by atoms with van der Waals surface area (Å²) in [6.45, 7) is 4.31. The number of hydrogen-bond donors (Lipinski definition) is 1. The Hall–Kier alpha value is -2.37. The molecule has 1 heterocycles. The van der Waals surface area contributed by atoms with E-state index in [1.165, 1.54) is 0 Å². The van der Waals surface area contributed by atoms with Crippen LogP contribution in [-0.2, 0) is 25.5 Å². The second-order valence-electron chi connectivity index (χ2n) is 6.31. The van der Waals surface area contributed by atoms with Crippen LogP contribution in [0.2, 0.25) is 0 Å². The Balaban J connectivity index is 1.76. The molecule has 0 radical (unpaired) electrons. The second kappa shape index (κ2) is 8.47. The Morgan fingerprint density at radius 2 is 2.00 bits per heavy atom. The fraction of sp³-hybridized carbons (Fsp3) is 0.500. The first-order valence-corrected chi connectivity index (χ1v) is 8.23. The highest BCUT2D eigenvalue weighted by atomic mass is 16.5. The van der Waals surface area contributed by atoms with Crippen molar-refractivity contribution < 1.29 is 19.1 Å². The maximum absolute atomic E-state index is 12.0. The fourth-order valence-corrected chi connectivity index (χ4v) is 2.67. The highest BCUT2D eigenvalue weighted by molar-refractivity contribution is 5.88. The molecule has 1 aromatic carbocycles. The number of carbonyl (C=O) groups is 3. The van der Waals surface area contributed by atoms with E-state index in [0.717, 1.165) is 12.0 Å². The van der Waals surface area contributed by atoms with Crippen molar-refractivity contribution in [3.63, 3.8) is 0 Å². The van der Waals surface area contributed by atoms with Gasteiger partial charge in [0.05, 0.1) is 5.92 Å². The molecule has 1 N–H and O–H groups in total. The number of nitrogens with one attached hydrogen (secondary N) is 1. The molecule has 0 aliphatic carbocycles. The lowest BCUT2D eigenvalue weighted by Crippen LogP contribution is -2.35. The number of likely N-dealkylation sites (tertiary alicyclic amines) is 1. The summed E-state index contributed by atoms with van der Waals surface area (Å²) < 4.78 is 5.02. The topological polar surface area (TPSA) is 75.7 Å². The number of ether oxygens (including phenoxy) is 1. The lowest BCUT2D eigenvalue weighted by molar-refractivity contribution is -0.152. The van der Waals surface area contributed by atoms with Crippen LogP contribution in [-0.4, -0.2) is 48.4 Å². The van der Waals surface area contributed by atoms with Gasteiger partial charge in [-0.2, -0.15) is 0 Å². The van der Waals surface area contributed by atoms with Gasteiger partial charge in [-0.3, -0.25) is 14.4 Å². The van der Waals surface area contributed by atoms with Crippen molar-refractivity contribution in [2.75, 3.05) is 19.7 Å². The molecule has 1 fully saturated rings. The molecule has 1 aliphatic rings. The number of nitrogens with zero attached hydrogens (tertiary/aromatic N) is 1. The van der Waals surface area contributed by atoms with Crippen molar-refractivity contribution in [3.8, 4) is 0 Å². The zero-order valence-corrected chi connectivity index (χ0v) is 14.2. The molecular weight excluding hydrogens is 308 g/mol. The molecule has 0 saturated carbocycles. The van der Waals surface area contributed by atoms with E-state index in [4.69, 9.17) is 4.74 Å². The van der Waals surface area contributed by atoms with E-state index in [-0.39, 0.29) is 30.9 Å². The van der Waals surface area contributed by atoms with Gasteiger partial charge in [0.1, 0.15) is 0 Å². The molecule has 0 unspecified atom stereocenters. The Labute approximate surface area is 142 Å². The first-order valence-electron chi connectivity index (χ1n) is 8.23. The van der Waals surface area contributed by atoms with Gasteiger partial charge in [-0.15, -0.1) is 0 Å². The van der Waals surface area contributed by atoms with E-state index < -0.39 is 11.9 Å². The Morgan fingerprint density at radius 1 is 1.29 bits per heavy atom. The van der Waals surface area contributed by atoms with Crippen molar-refractivity contribution >= 4 is 17.8 Å². The summed E-state index contributed by atoms with van der Waals surface area (Å²) in [4.78, 5) is 37.2. The predicted molar refractivity (Wildman–Crippen MR) is 89.1 cm³/mol. The molecule has 2 amide bonds. The smallest absolute Gasteiger partial charge is 0.311 e. The Kier molecular flexibility index (Phi) is 6.35. The molecule has 6 heteroatoms. The lowest BCUT2D eigenvalue weighted by Gasteiger charge is -2.16. The summed E-state index contributed by atoms with van der Waals surface area (Å²) in [5, 5.41) is 2.65. The summed E-state index contributed by atoms with van der Waals surface area (Å²) in [6.07, 6.45) is 0.907. The molecule has 0 bridgehead atoms. The molecule has 1 aliphatic heterocycles. The molecule has 1 atom stereocenters. The quantitative estimate of drug-likeness (QED) is 0.760. The standard InChI is InChI=1S/C18H24N2O4/c1-13(2)19-16(21)12-24-18(23)15-10-17(22)20(11-15)9-8-14-6-4-3-5-7-14/h3-7,13,15H,8-12H2,1-2H3,(H,19,21)/t15-/m0/s1. The van der Waals surface area contributed by atoms with Crippen LogP contribution in [0.15, 0.2) is 30.3 Å². The number of carbonyl (C=O) groups excluding carboxylic acids is 3. The largest absolute Gasteiger partial charge is 0.455 e. The van der Waals surface area contributed by atoms with Crippen LogP contribution < -0.4 is 5.32 Å². The summed E-state index contributed by atoms with van der Waals surface area (Å²) in [6, 6.07) is 9.90. The molecule has 0 spiro atoms. The van der Waals surface area contributed by atoms with Crippen LogP contribution in [0.5, 0.6) is 0 Å². The van der Waals surface area contributed by atoms with Gasteiger partial charge in [0, 0.05) is 25.6 Å². The van der Waals surface area contributed by atoms with Crippen molar-refractivity contribution in [1.29, 1.82) is 0 Å². The molecule has 24 heavy (non-hydrogen) atoms. The number of hydrogen-bond acceptors (Lipinski definition) is 4. The first-order chi connectivity index (χ1) is 11.5. The maximum atomic E-state index is 12.0. The molecular formula is C18H24N2O4. The van der Waals surface area contributed by atoms with Crippen LogP contribution in [0, 0.1) is 5.92 Å². The normalized spacial score (nSPS) is 17.2. The van der Waals surface area contributed by atoms with Crippen LogP contribution in [0.4, 0.5) is 0 Å². The fourth-order valence-electron chi connectivity index (χ4n) is 2.67. The minimum Gasteiger partial charge on any atom is -0.455 e. The Bertz CT molecular complexity index is 586. The second-order valence-corrected chi connectivity index (χ2v) is 6.31. The predicted octanol–water partition coefficient (Wildman–Crippen LogP) is 1.15. The van der Waals surface area contributed by atoms with Gasteiger partial charge in [0.15, 0.2) is 6.61 Å². The molecule has 130 valence electrons. The number of amides is 2. The number of esters is 1. The van der Waals surface area contributed by atoms with Gasteiger partial charge in [-0.1, -0.05) is 30.3 Å². The molecule has 6 nitrogen and oxygen atoms in total. The van der Waals surface area contributed by atoms with Gasteiger partial charge in [-0.25, -0.2) is 0 Å². The lowest BCUT2D eigenvalue weighted by atomic mass is 10.1. The van der Waals surface area contributed by atoms with Crippen molar-refractivity contribution in [1.82, 2.24) is 10.2 Å². The van der Waals surface area contributed by atoms with E-state index >= 15 is 0 Å². The number of benzene rings is 1. The monoisotopic (exact) mass is 332 g/mol. The van der Waals surface area contributed by atoms with Crippen LogP contribution in [0.3, 0.4) is 0 Å². The molecule has 1 saturated heterocycles. The molecule has 0 aromatic heterocycles. The van der Waals surface area contributed by atoms with E-state index in [9.17, 15) is 14.4 Å². The summed E-state index contributed by atoms with van der Waals surface area (Å²) in [5.74, 6) is -1.34. The van der Waals surface area contributed by atoms with E-state index in [0.29, 0.717) is 13.1 Å². The highest BCUT2D eigenvalue weighted by Crippen LogP contribution is 2.19. The third kappa shape index (κ3) is 5.37. The van der Waals surface area contributed by atoms with Crippen molar-refractivity contribution in [2.24, 2.45) is 5.92 Å². The Morgan fingerprint density at radius 3 is 2.67 bits per heavy atom. The van der Waals surface area contributed by atoms with Crippen LogP contribution >= 0.6 is 0 Å². The average Bonchev–Trinajstić information content (AvgIpc) is 2.92. The zero-order valence-electron chi connectivity index (χ0n) is 14.2. The molecule has 1 aromatic rings. The van der Waals surface area contributed by atoms with E-state index in [1.807, 2.05) is 44.2 Å². The average molecular weight is 332 g/mol. The SMILES string of the molecule is CC(C)NC(=O)COC(=O)[C@H]1CC(=O)N(CCc2ccccc2)C1. The zero-order chi connectivity index (χ0) is 17.5. The third-order valence-electron chi connectivity index (χ3n) is 3.86. The van der Waals surface area contributed by atoms with Crippen molar-refractivity contribution in [3.05, 3.63) is 35.9 Å². The molecule has 2 rings (SSSR count). The van der Waals surface area contributed by atoms with Gasteiger partial charge in [0.25, 0.3) is 5.91 Å². The van der Waals surface area contributed by atoms with Crippen LogP contribution in [0.1, 0.15) is 25.8 Å². The summed E-state index contributed by atoms with van der Waals surface area (Å²) in [5.41, 5.74) is 1.15. The minimum absolute atomic E-state index is 0.00209. The maximum Gasteiger partial charge on any atom is 0.311 e. The van der Waals surface area contributed by atoms with Gasteiger partial charge in [-0.05, 0) is 25.8 Å². The first kappa shape index (κ1) is 18.0.